The van der Waals surface area contributed by atoms with Crippen molar-refractivity contribution in [3.05, 3.63) is 17.5 Å². The van der Waals surface area contributed by atoms with E-state index < -0.39 is 5.60 Å². The monoisotopic (exact) mass is 296 g/mol. The molecule has 0 saturated carbocycles. The van der Waals surface area contributed by atoms with Gasteiger partial charge in [0, 0.05) is 31.4 Å². The molecular weight excluding hydrogens is 268 g/mol. The standard InChI is InChI=1S/C15H28N4O2/c1-11(2)6-7-15(4,21)10-17-14(20)16-8-13-9-18-19(5)12(13)3/h9,11,21H,6-8,10H2,1-5H3,(H2,16,17,20). The molecule has 0 saturated heterocycles. The molecule has 0 aliphatic heterocycles. The fourth-order valence-corrected chi connectivity index (χ4v) is 1.91. The van der Waals surface area contributed by atoms with Gasteiger partial charge >= 0.3 is 6.03 Å². The average Bonchev–Trinajstić information content (AvgIpc) is 2.72. The molecule has 1 rings (SSSR count). The summed E-state index contributed by atoms with van der Waals surface area (Å²) in [7, 11) is 1.87. The van der Waals surface area contributed by atoms with Gasteiger partial charge in [0.15, 0.2) is 0 Å². The molecule has 0 radical (unpaired) electrons. The van der Waals surface area contributed by atoms with E-state index in [-0.39, 0.29) is 12.6 Å². The Balaban J connectivity index is 2.32. The van der Waals surface area contributed by atoms with Crippen LogP contribution in [-0.4, -0.2) is 33.1 Å². The third-order valence-electron chi connectivity index (χ3n) is 3.67. The first-order valence-corrected chi connectivity index (χ1v) is 7.43. The van der Waals surface area contributed by atoms with Crippen molar-refractivity contribution in [3.63, 3.8) is 0 Å². The summed E-state index contributed by atoms with van der Waals surface area (Å²) in [5, 5.41) is 19.8. The van der Waals surface area contributed by atoms with E-state index in [0.29, 0.717) is 18.9 Å². The number of aryl methyl sites for hydroxylation is 1. The van der Waals surface area contributed by atoms with Crippen molar-refractivity contribution in [2.24, 2.45) is 13.0 Å². The first kappa shape index (κ1) is 17.5. The number of aromatic nitrogens is 2. The number of hydrogen-bond donors (Lipinski definition) is 3. The quantitative estimate of drug-likeness (QED) is 0.717. The third-order valence-corrected chi connectivity index (χ3v) is 3.67. The van der Waals surface area contributed by atoms with E-state index >= 15 is 0 Å². The van der Waals surface area contributed by atoms with Crippen LogP contribution in [0.15, 0.2) is 6.20 Å². The molecule has 0 spiro atoms. The summed E-state index contributed by atoms with van der Waals surface area (Å²) >= 11 is 0. The Kier molecular flexibility index (Phi) is 6.20. The molecule has 2 amide bonds. The summed E-state index contributed by atoms with van der Waals surface area (Å²) < 4.78 is 1.77. The van der Waals surface area contributed by atoms with Crippen LogP contribution in [0.3, 0.4) is 0 Å². The van der Waals surface area contributed by atoms with E-state index in [0.717, 1.165) is 17.7 Å². The van der Waals surface area contributed by atoms with Gasteiger partial charge in [0.25, 0.3) is 0 Å². The number of carbonyl (C=O) groups excluding carboxylic acids is 1. The van der Waals surface area contributed by atoms with Gasteiger partial charge in [-0.2, -0.15) is 5.10 Å². The summed E-state index contributed by atoms with van der Waals surface area (Å²) in [6.45, 7) is 8.62. The van der Waals surface area contributed by atoms with Crippen LogP contribution in [0.25, 0.3) is 0 Å². The predicted molar refractivity (Wildman–Crippen MR) is 82.9 cm³/mol. The summed E-state index contributed by atoms with van der Waals surface area (Å²) in [6, 6.07) is -0.275. The van der Waals surface area contributed by atoms with Gasteiger partial charge in [-0.15, -0.1) is 0 Å². The van der Waals surface area contributed by atoms with Gasteiger partial charge in [-0.1, -0.05) is 13.8 Å². The maximum Gasteiger partial charge on any atom is 0.315 e. The molecule has 0 aliphatic rings. The van der Waals surface area contributed by atoms with Crippen molar-refractivity contribution >= 4 is 6.03 Å². The average molecular weight is 296 g/mol. The number of urea groups is 1. The topological polar surface area (TPSA) is 79.2 Å². The van der Waals surface area contributed by atoms with E-state index in [1.807, 2.05) is 14.0 Å². The highest BCUT2D eigenvalue weighted by atomic mass is 16.3. The lowest BCUT2D eigenvalue weighted by Gasteiger charge is -2.24. The number of amides is 2. The van der Waals surface area contributed by atoms with Gasteiger partial charge in [0.2, 0.25) is 0 Å². The fraction of sp³-hybridized carbons (Fsp3) is 0.733. The van der Waals surface area contributed by atoms with Crippen molar-refractivity contribution in [2.75, 3.05) is 6.54 Å². The number of carbonyl (C=O) groups is 1. The molecule has 6 heteroatoms. The number of nitrogens with zero attached hydrogens (tertiary/aromatic N) is 2. The van der Waals surface area contributed by atoms with E-state index in [9.17, 15) is 9.90 Å². The van der Waals surface area contributed by atoms with Gasteiger partial charge in [-0.25, -0.2) is 4.79 Å². The van der Waals surface area contributed by atoms with Crippen molar-refractivity contribution < 1.29 is 9.90 Å². The van der Waals surface area contributed by atoms with Crippen LogP contribution < -0.4 is 10.6 Å². The van der Waals surface area contributed by atoms with E-state index in [2.05, 4.69) is 29.6 Å². The molecule has 6 nitrogen and oxygen atoms in total. The molecule has 1 atom stereocenters. The minimum Gasteiger partial charge on any atom is -0.388 e. The number of nitrogens with one attached hydrogen (secondary N) is 2. The zero-order valence-corrected chi connectivity index (χ0v) is 13.7. The van der Waals surface area contributed by atoms with Crippen LogP contribution in [0.4, 0.5) is 4.79 Å². The first-order valence-electron chi connectivity index (χ1n) is 7.43. The number of aliphatic hydroxyl groups is 1. The lowest BCUT2D eigenvalue weighted by molar-refractivity contribution is 0.0476. The van der Waals surface area contributed by atoms with Crippen molar-refractivity contribution in [2.45, 2.75) is 52.7 Å². The second kappa shape index (κ2) is 7.45. The third kappa shape index (κ3) is 6.16. The largest absolute Gasteiger partial charge is 0.388 e. The number of rotatable bonds is 7. The molecule has 1 aromatic rings. The Morgan fingerprint density at radius 3 is 2.67 bits per heavy atom. The molecular formula is C15H28N4O2. The smallest absolute Gasteiger partial charge is 0.315 e. The van der Waals surface area contributed by atoms with Crippen LogP contribution in [0, 0.1) is 12.8 Å². The van der Waals surface area contributed by atoms with Gasteiger partial charge in [-0.05, 0) is 32.6 Å². The maximum absolute atomic E-state index is 11.8. The van der Waals surface area contributed by atoms with Gasteiger partial charge in [0.05, 0.1) is 11.8 Å². The fourth-order valence-electron chi connectivity index (χ4n) is 1.91. The van der Waals surface area contributed by atoms with E-state index in [1.54, 1.807) is 17.8 Å². The summed E-state index contributed by atoms with van der Waals surface area (Å²) in [5.41, 5.74) is 1.14. The number of hydrogen-bond acceptors (Lipinski definition) is 3. The van der Waals surface area contributed by atoms with Crippen LogP contribution in [-0.2, 0) is 13.6 Å². The van der Waals surface area contributed by atoms with Gasteiger partial charge < -0.3 is 15.7 Å². The highest BCUT2D eigenvalue weighted by Crippen LogP contribution is 2.15. The second-order valence-electron chi connectivity index (χ2n) is 6.34. The van der Waals surface area contributed by atoms with Crippen LogP contribution in [0.2, 0.25) is 0 Å². The highest BCUT2D eigenvalue weighted by Gasteiger charge is 2.21. The molecule has 3 N–H and O–H groups in total. The Morgan fingerprint density at radius 2 is 2.14 bits per heavy atom. The molecule has 0 aromatic carbocycles. The Morgan fingerprint density at radius 1 is 1.48 bits per heavy atom. The lowest BCUT2D eigenvalue weighted by atomic mass is 9.95. The molecule has 0 aliphatic carbocycles. The molecule has 120 valence electrons. The van der Waals surface area contributed by atoms with Gasteiger partial charge in [0.1, 0.15) is 0 Å². The minimum absolute atomic E-state index is 0.248. The highest BCUT2D eigenvalue weighted by molar-refractivity contribution is 5.73. The normalized spacial score (nSPS) is 14.0. The second-order valence-corrected chi connectivity index (χ2v) is 6.34. The molecule has 1 aromatic heterocycles. The Hall–Kier alpha value is -1.56. The van der Waals surface area contributed by atoms with Gasteiger partial charge in [-0.3, -0.25) is 4.68 Å². The molecule has 21 heavy (non-hydrogen) atoms. The van der Waals surface area contributed by atoms with Crippen molar-refractivity contribution in [1.29, 1.82) is 0 Å². The summed E-state index contributed by atoms with van der Waals surface area (Å²) in [5.74, 6) is 0.541. The molecule has 0 fully saturated rings. The van der Waals surface area contributed by atoms with Crippen LogP contribution in [0.1, 0.15) is 44.9 Å². The van der Waals surface area contributed by atoms with Crippen LogP contribution in [0.5, 0.6) is 0 Å². The lowest BCUT2D eigenvalue weighted by Crippen LogP contribution is -2.44. The van der Waals surface area contributed by atoms with Crippen molar-refractivity contribution in [1.82, 2.24) is 20.4 Å². The molecule has 1 heterocycles. The van der Waals surface area contributed by atoms with Crippen LogP contribution >= 0.6 is 0 Å². The van der Waals surface area contributed by atoms with E-state index in [4.69, 9.17) is 0 Å². The molecule has 0 bridgehead atoms. The molecule has 1 unspecified atom stereocenters. The minimum atomic E-state index is -0.869. The summed E-state index contributed by atoms with van der Waals surface area (Å²) in [4.78, 5) is 11.8. The Bertz CT molecular complexity index is 466. The maximum atomic E-state index is 11.8. The first-order chi connectivity index (χ1) is 9.71. The van der Waals surface area contributed by atoms with Crippen molar-refractivity contribution in [3.8, 4) is 0 Å². The zero-order chi connectivity index (χ0) is 16.0. The Labute approximate surface area is 126 Å². The predicted octanol–water partition coefficient (Wildman–Crippen LogP) is 1.71. The SMILES string of the molecule is Cc1c(CNC(=O)NCC(C)(O)CCC(C)C)cnn1C. The van der Waals surface area contributed by atoms with E-state index in [1.165, 1.54) is 0 Å². The zero-order valence-electron chi connectivity index (χ0n) is 13.7. The summed E-state index contributed by atoms with van der Waals surface area (Å²) in [6.07, 6.45) is 3.35.